The third kappa shape index (κ3) is 5.07. The van der Waals surface area contributed by atoms with Crippen molar-refractivity contribution in [2.75, 3.05) is 51.1 Å². The number of hydrogen-bond acceptors (Lipinski definition) is 6. The van der Waals surface area contributed by atoms with Crippen molar-refractivity contribution in [3.63, 3.8) is 0 Å². The highest BCUT2D eigenvalue weighted by atomic mass is 19.1. The van der Waals surface area contributed by atoms with Gasteiger partial charge in [-0.15, -0.1) is 0 Å². The zero-order valence-corrected chi connectivity index (χ0v) is 21.0. The normalized spacial score (nSPS) is 21.8. The van der Waals surface area contributed by atoms with Gasteiger partial charge in [0, 0.05) is 67.9 Å². The lowest BCUT2D eigenvalue weighted by atomic mass is 9.93. The number of carbonyl (C=O) groups is 1. The standard InChI is InChI=1S/C28H34FN5O2/c1-28(2)23(17-25(36-28)26-22-8-6-20(29)16-24(22)32-27(26)35)19-5-7-21(31-18-19)4-3-10-33-12-14-34(11-9-30)15-13-33/h5-8,16-18H,3-4,9-15,30H2,1-2H3,(H,32,35)/b26-25+. The van der Waals surface area contributed by atoms with Crippen LogP contribution in [0, 0.1) is 5.82 Å². The Kier molecular flexibility index (Phi) is 6.92. The fourth-order valence-corrected chi connectivity index (χ4v) is 5.24. The first-order valence-corrected chi connectivity index (χ1v) is 12.7. The van der Waals surface area contributed by atoms with E-state index in [1.165, 1.54) is 12.1 Å². The summed E-state index contributed by atoms with van der Waals surface area (Å²) in [5.74, 6) is -0.179. The molecule has 36 heavy (non-hydrogen) atoms. The summed E-state index contributed by atoms with van der Waals surface area (Å²) >= 11 is 0. The molecule has 190 valence electrons. The summed E-state index contributed by atoms with van der Waals surface area (Å²) in [5, 5.41) is 2.74. The Morgan fingerprint density at radius 3 is 2.56 bits per heavy atom. The van der Waals surface area contributed by atoms with Gasteiger partial charge in [-0.2, -0.15) is 0 Å². The Morgan fingerprint density at radius 2 is 1.86 bits per heavy atom. The van der Waals surface area contributed by atoms with E-state index in [1.54, 1.807) is 6.07 Å². The minimum absolute atomic E-state index is 0.284. The van der Waals surface area contributed by atoms with Crippen molar-refractivity contribution in [1.29, 1.82) is 0 Å². The maximum absolute atomic E-state index is 13.6. The van der Waals surface area contributed by atoms with E-state index in [1.807, 2.05) is 26.1 Å². The quantitative estimate of drug-likeness (QED) is 0.579. The van der Waals surface area contributed by atoms with Gasteiger partial charge in [0.15, 0.2) is 0 Å². The van der Waals surface area contributed by atoms with E-state index in [9.17, 15) is 9.18 Å². The second kappa shape index (κ2) is 10.1. The smallest absolute Gasteiger partial charge is 0.260 e. The van der Waals surface area contributed by atoms with Crippen LogP contribution in [0.4, 0.5) is 10.1 Å². The van der Waals surface area contributed by atoms with E-state index >= 15 is 0 Å². The molecule has 1 aromatic carbocycles. The number of hydrogen-bond donors (Lipinski definition) is 2. The van der Waals surface area contributed by atoms with E-state index in [4.69, 9.17) is 15.5 Å². The molecule has 3 aliphatic heterocycles. The Hall–Kier alpha value is -3.07. The summed E-state index contributed by atoms with van der Waals surface area (Å²) < 4.78 is 19.9. The molecule has 0 atom stereocenters. The summed E-state index contributed by atoms with van der Waals surface area (Å²) in [6.07, 6.45) is 5.81. The van der Waals surface area contributed by atoms with Crippen LogP contribution < -0.4 is 11.1 Å². The van der Waals surface area contributed by atoms with Gasteiger partial charge in [-0.3, -0.25) is 14.7 Å². The molecule has 0 aliphatic carbocycles. The van der Waals surface area contributed by atoms with Crippen molar-refractivity contribution in [3.8, 4) is 0 Å². The Balaban J connectivity index is 1.25. The molecule has 1 amide bonds. The fourth-order valence-electron chi connectivity index (χ4n) is 5.24. The monoisotopic (exact) mass is 491 g/mol. The fraction of sp³-hybridized carbons (Fsp3) is 0.429. The molecule has 0 spiro atoms. The molecule has 8 heteroatoms. The van der Waals surface area contributed by atoms with Gasteiger partial charge in [-0.05, 0) is 63.6 Å². The van der Waals surface area contributed by atoms with Crippen LogP contribution in [-0.2, 0) is 16.0 Å². The molecule has 0 unspecified atom stereocenters. The average Bonchev–Trinajstić information content (AvgIpc) is 3.34. The molecular weight excluding hydrogens is 457 g/mol. The number of amides is 1. The number of carbonyl (C=O) groups excluding carboxylic acids is 1. The number of pyridine rings is 1. The van der Waals surface area contributed by atoms with Crippen LogP contribution >= 0.6 is 0 Å². The van der Waals surface area contributed by atoms with Crippen molar-refractivity contribution in [2.24, 2.45) is 5.73 Å². The molecule has 0 radical (unpaired) electrons. The van der Waals surface area contributed by atoms with Crippen LogP contribution in [-0.4, -0.2) is 72.1 Å². The van der Waals surface area contributed by atoms with Crippen molar-refractivity contribution in [3.05, 3.63) is 71.0 Å². The predicted molar refractivity (Wildman–Crippen MR) is 140 cm³/mol. The number of nitrogens with one attached hydrogen (secondary N) is 1. The second-order valence-corrected chi connectivity index (χ2v) is 10.2. The maximum atomic E-state index is 13.6. The SMILES string of the molecule is CC1(C)O/C(=C2/C(=O)Nc3cc(F)ccc32)C=C1c1ccc(CCCN2CCN(CCN)CC2)nc1. The summed E-state index contributed by atoms with van der Waals surface area (Å²) in [6, 6.07) is 8.46. The van der Waals surface area contributed by atoms with Gasteiger partial charge < -0.3 is 20.7 Å². The number of aryl methyl sites for hydroxylation is 1. The number of nitrogens with two attached hydrogens (primary N) is 1. The lowest BCUT2D eigenvalue weighted by Crippen LogP contribution is -2.47. The Morgan fingerprint density at radius 1 is 1.11 bits per heavy atom. The molecule has 1 aromatic heterocycles. The third-order valence-corrected chi connectivity index (χ3v) is 7.22. The average molecular weight is 492 g/mol. The van der Waals surface area contributed by atoms with Crippen LogP contribution in [0.5, 0.6) is 0 Å². The predicted octanol–water partition coefficient (Wildman–Crippen LogP) is 3.29. The topological polar surface area (TPSA) is 83.7 Å². The molecule has 2 aromatic rings. The van der Waals surface area contributed by atoms with Crippen LogP contribution in [0.1, 0.15) is 37.1 Å². The maximum Gasteiger partial charge on any atom is 0.260 e. The van der Waals surface area contributed by atoms with E-state index in [0.717, 1.165) is 75.5 Å². The highest BCUT2D eigenvalue weighted by Crippen LogP contribution is 2.44. The van der Waals surface area contributed by atoms with Crippen molar-refractivity contribution in [2.45, 2.75) is 32.3 Å². The molecule has 1 fully saturated rings. The Labute approximate surface area is 211 Å². The first-order chi connectivity index (χ1) is 17.3. The van der Waals surface area contributed by atoms with Crippen LogP contribution in [0.25, 0.3) is 11.1 Å². The van der Waals surface area contributed by atoms with E-state index in [-0.39, 0.29) is 11.7 Å². The molecule has 0 bridgehead atoms. The minimum atomic E-state index is -0.624. The number of anilines is 1. The van der Waals surface area contributed by atoms with Crippen molar-refractivity contribution in [1.82, 2.24) is 14.8 Å². The third-order valence-electron chi connectivity index (χ3n) is 7.22. The molecule has 1 saturated heterocycles. The van der Waals surface area contributed by atoms with Gasteiger partial charge >= 0.3 is 0 Å². The second-order valence-electron chi connectivity index (χ2n) is 10.2. The number of ether oxygens (including phenoxy) is 1. The minimum Gasteiger partial charge on any atom is -0.482 e. The number of rotatable bonds is 7. The molecule has 4 heterocycles. The summed E-state index contributed by atoms with van der Waals surface area (Å²) in [6.45, 7) is 11.1. The van der Waals surface area contributed by atoms with E-state index < -0.39 is 5.60 Å². The van der Waals surface area contributed by atoms with Gasteiger partial charge in [0.25, 0.3) is 5.91 Å². The van der Waals surface area contributed by atoms with E-state index in [0.29, 0.717) is 22.6 Å². The summed E-state index contributed by atoms with van der Waals surface area (Å²) in [4.78, 5) is 22.3. The number of piperazine rings is 1. The van der Waals surface area contributed by atoms with Gasteiger partial charge in [0.05, 0.1) is 11.3 Å². The number of fused-ring (bicyclic) bond motifs is 1. The number of halogens is 1. The number of allylic oxidation sites excluding steroid dienone is 1. The zero-order valence-electron chi connectivity index (χ0n) is 21.0. The highest BCUT2D eigenvalue weighted by molar-refractivity contribution is 6.32. The van der Waals surface area contributed by atoms with Gasteiger partial charge in [-0.1, -0.05) is 6.07 Å². The molecule has 0 saturated carbocycles. The van der Waals surface area contributed by atoms with Crippen LogP contribution in [0.15, 0.2) is 48.4 Å². The molecule has 3 N–H and O–H groups in total. The number of benzene rings is 1. The first kappa shape index (κ1) is 24.6. The van der Waals surface area contributed by atoms with Gasteiger partial charge in [0.1, 0.15) is 17.2 Å². The van der Waals surface area contributed by atoms with Crippen molar-refractivity contribution < 1.29 is 13.9 Å². The molecular formula is C28H34FN5O2. The Bertz CT molecular complexity index is 1200. The summed E-state index contributed by atoms with van der Waals surface area (Å²) in [5.41, 5.74) is 9.59. The van der Waals surface area contributed by atoms with E-state index in [2.05, 4.69) is 27.2 Å². The van der Waals surface area contributed by atoms with Gasteiger partial charge in [-0.25, -0.2) is 4.39 Å². The number of aromatic nitrogens is 1. The molecule has 3 aliphatic rings. The largest absolute Gasteiger partial charge is 0.482 e. The number of nitrogens with zero attached hydrogens (tertiary/aromatic N) is 3. The van der Waals surface area contributed by atoms with Gasteiger partial charge in [0.2, 0.25) is 0 Å². The van der Waals surface area contributed by atoms with Crippen molar-refractivity contribution >= 4 is 22.7 Å². The van der Waals surface area contributed by atoms with Crippen LogP contribution in [0.3, 0.4) is 0 Å². The lowest BCUT2D eigenvalue weighted by molar-refractivity contribution is -0.111. The highest BCUT2D eigenvalue weighted by Gasteiger charge is 2.38. The van der Waals surface area contributed by atoms with Crippen LogP contribution in [0.2, 0.25) is 0 Å². The molecule has 5 rings (SSSR count). The lowest BCUT2D eigenvalue weighted by Gasteiger charge is -2.34. The molecule has 7 nitrogen and oxygen atoms in total. The summed E-state index contributed by atoms with van der Waals surface area (Å²) in [7, 11) is 0. The zero-order chi connectivity index (χ0) is 25.3. The first-order valence-electron chi connectivity index (χ1n) is 12.7.